The van der Waals surface area contributed by atoms with E-state index in [0.29, 0.717) is 23.1 Å². The van der Waals surface area contributed by atoms with Crippen molar-refractivity contribution >= 4 is 11.6 Å². The number of benzene rings is 2. The van der Waals surface area contributed by atoms with E-state index in [1.54, 1.807) is 39.3 Å². The van der Waals surface area contributed by atoms with E-state index in [-0.39, 0.29) is 5.91 Å². The molecule has 0 fully saturated rings. The van der Waals surface area contributed by atoms with Gasteiger partial charge in [-0.25, -0.2) is 0 Å². The van der Waals surface area contributed by atoms with Gasteiger partial charge in [0, 0.05) is 6.07 Å². The monoisotopic (exact) mass is 357 g/mol. The predicted octanol–water partition coefficient (Wildman–Crippen LogP) is 4.54. The lowest BCUT2D eigenvalue weighted by Crippen LogP contribution is -2.30. The van der Waals surface area contributed by atoms with Crippen LogP contribution >= 0.6 is 0 Å². The van der Waals surface area contributed by atoms with Crippen molar-refractivity contribution in [2.24, 2.45) is 0 Å². The van der Waals surface area contributed by atoms with Gasteiger partial charge in [-0.05, 0) is 49.1 Å². The number of amides is 1. The van der Waals surface area contributed by atoms with Gasteiger partial charge >= 0.3 is 0 Å². The Labute approximate surface area is 155 Å². The van der Waals surface area contributed by atoms with Crippen LogP contribution < -0.4 is 19.5 Å². The molecule has 5 nitrogen and oxygen atoms in total. The van der Waals surface area contributed by atoms with E-state index < -0.39 is 6.10 Å². The minimum atomic E-state index is -0.652. The number of carbonyl (C=O) groups is 1. The molecule has 0 radical (unpaired) electrons. The summed E-state index contributed by atoms with van der Waals surface area (Å²) in [4.78, 5) is 12.6. The number of nitrogens with one attached hydrogen (secondary N) is 1. The number of anilines is 1. The molecule has 140 valence electrons. The van der Waals surface area contributed by atoms with Crippen LogP contribution in [-0.2, 0) is 4.79 Å². The molecule has 0 heterocycles. The molecule has 2 aromatic carbocycles. The lowest BCUT2D eigenvalue weighted by molar-refractivity contribution is -0.122. The van der Waals surface area contributed by atoms with Crippen molar-refractivity contribution in [3.8, 4) is 17.2 Å². The van der Waals surface area contributed by atoms with Crippen LogP contribution in [0.2, 0.25) is 0 Å². The zero-order valence-electron chi connectivity index (χ0n) is 16.3. The van der Waals surface area contributed by atoms with Crippen LogP contribution in [0.25, 0.3) is 0 Å². The fraction of sp³-hybridized carbons (Fsp3) is 0.381. The summed E-state index contributed by atoms with van der Waals surface area (Å²) >= 11 is 0. The highest BCUT2D eigenvalue weighted by molar-refractivity contribution is 5.95. The van der Waals surface area contributed by atoms with Crippen LogP contribution in [0.5, 0.6) is 17.2 Å². The van der Waals surface area contributed by atoms with Crippen LogP contribution in [0, 0.1) is 6.92 Å². The van der Waals surface area contributed by atoms with Crippen molar-refractivity contribution in [1.82, 2.24) is 0 Å². The summed E-state index contributed by atoms with van der Waals surface area (Å²) in [6, 6.07) is 11.3. The third-order valence-electron chi connectivity index (χ3n) is 4.13. The average molecular weight is 357 g/mol. The van der Waals surface area contributed by atoms with E-state index in [1.165, 1.54) is 0 Å². The van der Waals surface area contributed by atoms with E-state index in [0.717, 1.165) is 16.9 Å². The lowest BCUT2D eigenvalue weighted by Gasteiger charge is -2.20. The summed E-state index contributed by atoms with van der Waals surface area (Å²) in [5, 5.41) is 2.85. The van der Waals surface area contributed by atoms with Gasteiger partial charge < -0.3 is 19.5 Å². The maximum absolute atomic E-state index is 12.6. The Morgan fingerprint density at radius 3 is 2.31 bits per heavy atom. The van der Waals surface area contributed by atoms with Gasteiger partial charge in [0.15, 0.2) is 6.10 Å². The fourth-order valence-corrected chi connectivity index (χ4v) is 2.60. The molecule has 1 amide bonds. The van der Waals surface area contributed by atoms with Gasteiger partial charge in [-0.3, -0.25) is 4.79 Å². The normalized spacial score (nSPS) is 11.8. The standard InChI is InChI=1S/C21H27NO4/c1-13(2)17-9-7-14(3)11-19(17)26-15(4)21(23)22-18-10-8-16(24-5)12-20(18)25-6/h7-13,15H,1-6H3,(H,22,23)/t15-/m1/s1. The highest BCUT2D eigenvalue weighted by Crippen LogP contribution is 2.30. The Hall–Kier alpha value is -2.69. The molecule has 0 spiro atoms. The third kappa shape index (κ3) is 4.69. The topological polar surface area (TPSA) is 56.8 Å². The number of ether oxygens (including phenoxy) is 3. The molecule has 26 heavy (non-hydrogen) atoms. The zero-order valence-corrected chi connectivity index (χ0v) is 16.3. The van der Waals surface area contributed by atoms with Crippen LogP contribution in [-0.4, -0.2) is 26.2 Å². The molecule has 2 aromatic rings. The smallest absolute Gasteiger partial charge is 0.265 e. The number of aryl methyl sites for hydroxylation is 1. The average Bonchev–Trinajstić information content (AvgIpc) is 2.61. The molecule has 0 aliphatic heterocycles. The zero-order chi connectivity index (χ0) is 19.3. The Balaban J connectivity index is 2.15. The molecule has 0 saturated heterocycles. The summed E-state index contributed by atoms with van der Waals surface area (Å²) in [6.07, 6.45) is -0.652. The highest BCUT2D eigenvalue weighted by Gasteiger charge is 2.19. The molecular weight excluding hydrogens is 330 g/mol. The van der Waals surface area contributed by atoms with Crippen LogP contribution in [0.4, 0.5) is 5.69 Å². The van der Waals surface area contributed by atoms with Crippen LogP contribution in [0.3, 0.4) is 0 Å². The van der Waals surface area contributed by atoms with Gasteiger partial charge in [-0.2, -0.15) is 0 Å². The van der Waals surface area contributed by atoms with Crippen molar-refractivity contribution in [3.63, 3.8) is 0 Å². The lowest BCUT2D eigenvalue weighted by atomic mass is 10.0. The molecule has 0 aliphatic rings. The van der Waals surface area contributed by atoms with Crippen LogP contribution in [0.15, 0.2) is 36.4 Å². The highest BCUT2D eigenvalue weighted by atomic mass is 16.5. The first-order valence-electron chi connectivity index (χ1n) is 8.65. The molecule has 0 unspecified atom stereocenters. The molecule has 0 aliphatic carbocycles. The number of hydrogen-bond acceptors (Lipinski definition) is 4. The Kier molecular flexibility index (Phi) is 6.50. The second-order valence-electron chi connectivity index (χ2n) is 6.51. The van der Waals surface area contributed by atoms with Gasteiger partial charge in [-0.1, -0.05) is 26.0 Å². The summed E-state index contributed by atoms with van der Waals surface area (Å²) in [6.45, 7) is 7.94. The SMILES string of the molecule is COc1ccc(NC(=O)[C@@H](C)Oc2cc(C)ccc2C(C)C)c(OC)c1. The number of rotatable bonds is 7. The fourth-order valence-electron chi connectivity index (χ4n) is 2.60. The second kappa shape index (κ2) is 8.61. The maximum atomic E-state index is 12.6. The number of carbonyl (C=O) groups excluding carboxylic acids is 1. The molecular formula is C21H27NO4. The second-order valence-corrected chi connectivity index (χ2v) is 6.51. The number of hydrogen-bond donors (Lipinski definition) is 1. The molecule has 2 rings (SSSR count). The third-order valence-corrected chi connectivity index (χ3v) is 4.13. The van der Waals surface area contributed by atoms with Crippen molar-refractivity contribution in [3.05, 3.63) is 47.5 Å². The first-order valence-corrected chi connectivity index (χ1v) is 8.65. The van der Waals surface area contributed by atoms with Crippen molar-refractivity contribution in [2.75, 3.05) is 19.5 Å². The summed E-state index contributed by atoms with van der Waals surface area (Å²) < 4.78 is 16.5. The first kappa shape index (κ1) is 19.6. The summed E-state index contributed by atoms with van der Waals surface area (Å²) in [7, 11) is 3.13. The van der Waals surface area contributed by atoms with Gasteiger partial charge in [0.1, 0.15) is 17.2 Å². The Morgan fingerprint density at radius 1 is 0.962 bits per heavy atom. The Bertz CT molecular complexity index is 771. The van der Waals surface area contributed by atoms with Gasteiger partial charge in [0.2, 0.25) is 0 Å². The van der Waals surface area contributed by atoms with Gasteiger partial charge in [0.05, 0.1) is 19.9 Å². The quantitative estimate of drug-likeness (QED) is 0.790. The minimum Gasteiger partial charge on any atom is -0.497 e. The Morgan fingerprint density at radius 2 is 1.69 bits per heavy atom. The van der Waals surface area contributed by atoms with Crippen molar-refractivity contribution < 1.29 is 19.0 Å². The van der Waals surface area contributed by atoms with Crippen molar-refractivity contribution in [1.29, 1.82) is 0 Å². The van der Waals surface area contributed by atoms with Gasteiger partial charge in [-0.15, -0.1) is 0 Å². The molecule has 1 N–H and O–H groups in total. The molecule has 0 bridgehead atoms. The summed E-state index contributed by atoms with van der Waals surface area (Å²) in [5.41, 5.74) is 2.74. The van der Waals surface area contributed by atoms with Crippen molar-refractivity contribution in [2.45, 2.75) is 39.7 Å². The van der Waals surface area contributed by atoms with Crippen LogP contribution in [0.1, 0.15) is 37.8 Å². The number of methoxy groups -OCH3 is 2. The predicted molar refractivity (Wildman–Crippen MR) is 104 cm³/mol. The van der Waals surface area contributed by atoms with E-state index in [2.05, 4.69) is 25.2 Å². The molecule has 1 atom stereocenters. The minimum absolute atomic E-state index is 0.246. The van der Waals surface area contributed by atoms with Gasteiger partial charge in [0.25, 0.3) is 5.91 Å². The maximum Gasteiger partial charge on any atom is 0.265 e. The van der Waals surface area contributed by atoms with E-state index >= 15 is 0 Å². The summed E-state index contributed by atoms with van der Waals surface area (Å²) in [5.74, 6) is 1.99. The van der Waals surface area contributed by atoms with E-state index in [4.69, 9.17) is 14.2 Å². The molecule has 0 aromatic heterocycles. The molecule has 0 saturated carbocycles. The molecule has 5 heteroatoms. The van der Waals surface area contributed by atoms with E-state index in [9.17, 15) is 4.79 Å². The largest absolute Gasteiger partial charge is 0.497 e. The van der Waals surface area contributed by atoms with E-state index in [1.807, 2.05) is 19.1 Å². The first-order chi connectivity index (χ1) is 12.3.